The van der Waals surface area contributed by atoms with E-state index in [1.165, 1.54) is 11.3 Å². The second-order valence-corrected chi connectivity index (χ2v) is 5.49. The van der Waals surface area contributed by atoms with E-state index in [4.69, 9.17) is 5.11 Å². The number of rotatable bonds is 6. The molecule has 0 saturated carbocycles. The molecule has 0 aliphatic heterocycles. The van der Waals surface area contributed by atoms with Crippen molar-refractivity contribution in [3.05, 3.63) is 40.9 Å². The van der Waals surface area contributed by atoms with Crippen molar-refractivity contribution in [3.8, 4) is 10.6 Å². The largest absolute Gasteiger partial charge is 0.481 e. The van der Waals surface area contributed by atoms with E-state index in [1.807, 2.05) is 24.4 Å². The zero-order valence-electron chi connectivity index (χ0n) is 11.6. The number of carbonyl (C=O) groups excluding carboxylic acids is 1. The molecule has 2 rings (SSSR count). The number of nitrogens with zero attached hydrogens (tertiary/aromatic N) is 1. The van der Waals surface area contributed by atoms with Crippen LogP contribution in [0.3, 0.4) is 0 Å². The fraction of sp³-hybridized carbons (Fsp3) is 0.267. The molecule has 2 N–H and O–H groups in total. The number of thiazole rings is 1. The molecule has 6 heteroatoms. The van der Waals surface area contributed by atoms with Crippen molar-refractivity contribution in [2.75, 3.05) is 6.54 Å². The lowest BCUT2D eigenvalue weighted by atomic mass is 10.1. The molecule has 1 aromatic heterocycles. The third-order valence-corrected chi connectivity index (χ3v) is 3.85. The monoisotopic (exact) mass is 304 g/mol. The highest BCUT2D eigenvalue weighted by atomic mass is 32.1. The van der Waals surface area contributed by atoms with E-state index in [0.29, 0.717) is 18.5 Å². The highest BCUT2D eigenvalue weighted by molar-refractivity contribution is 7.13. The molecule has 2 aromatic rings. The fourth-order valence-corrected chi connectivity index (χ4v) is 2.62. The minimum atomic E-state index is -0.856. The predicted octanol–water partition coefficient (Wildman–Crippen LogP) is 2.71. The molecular formula is C15H16N2O3S. The molecule has 0 saturated heterocycles. The molecule has 110 valence electrons. The van der Waals surface area contributed by atoms with Crippen molar-refractivity contribution in [2.45, 2.75) is 19.8 Å². The lowest BCUT2D eigenvalue weighted by molar-refractivity contribution is -0.137. The molecule has 21 heavy (non-hydrogen) atoms. The van der Waals surface area contributed by atoms with Gasteiger partial charge in [0.2, 0.25) is 0 Å². The Morgan fingerprint density at radius 2 is 2.19 bits per heavy atom. The molecule has 0 aliphatic rings. The third-order valence-electron chi connectivity index (χ3n) is 2.84. The van der Waals surface area contributed by atoms with Crippen LogP contribution < -0.4 is 5.32 Å². The molecule has 0 fully saturated rings. The number of aryl methyl sites for hydroxylation is 1. The van der Waals surface area contributed by atoms with E-state index < -0.39 is 5.97 Å². The van der Waals surface area contributed by atoms with Crippen LogP contribution in [0.15, 0.2) is 29.6 Å². The van der Waals surface area contributed by atoms with Crippen molar-refractivity contribution in [2.24, 2.45) is 0 Å². The van der Waals surface area contributed by atoms with Gasteiger partial charge in [-0.25, -0.2) is 4.98 Å². The van der Waals surface area contributed by atoms with Crippen molar-refractivity contribution >= 4 is 23.2 Å². The number of nitrogens with one attached hydrogen (secondary N) is 1. The van der Waals surface area contributed by atoms with Crippen LogP contribution in [0.4, 0.5) is 0 Å². The van der Waals surface area contributed by atoms with Crippen molar-refractivity contribution in [1.29, 1.82) is 0 Å². The second-order valence-electron chi connectivity index (χ2n) is 4.63. The van der Waals surface area contributed by atoms with Gasteiger partial charge in [0, 0.05) is 35.2 Å². The molecule has 0 bridgehead atoms. The quantitative estimate of drug-likeness (QED) is 0.804. The molecule has 5 nitrogen and oxygen atoms in total. The van der Waals surface area contributed by atoms with Gasteiger partial charge >= 0.3 is 5.97 Å². The molecule has 1 heterocycles. The molecule has 1 amide bonds. The van der Waals surface area contributed by atoms with Crippen LogP contribution in [-0.2, 0) is 4.79 Å². The van der Waals surface area contributed by atoms with Crippen LogP contribution in [-0.4, -0.2) is 28.5 Å². The van der Waals surface area contributed by atoms with Gasteiger partial charge in [-0.1, -0.05) is 12.1 Å². The SMILES string of the molecule is Cc1csc(-c2cccc(C(=O)NCCCC(=O)O)c2)n1. The molecule has 0 spiro atoms. The van der Waals surface area contributed by atoms with Crippen LogP contribution in [0.25, 0.3) is 10.6 Å². The minimum Gasteiger partial charge on any atom is -0.481 e. The van der Waals surface area contributed by atoms with Crippen LogP contribution in [0.2, 0.25) is 0 Å². The van der Waals surface area contributed by atoms with Gasteiger partial charge < -0.3 is 10.4 Å². The van der Waals surface area contributed by atoms with Crippen LogP contribution in [0.1, 0.15) is 28.9 Å². The van der Waals surface area contributed by atoms with Gasteiger partial charge in [-0.05, 0) is 25.5 Å². The van der Waals surface area contributed by atoms with Gasteiger partial charge in [0.15, 0.2) is 0 Å². The summed E-state index contributed by atoms with van der Waals surface area (Å²) < 4.78 is 0. The Hall–Kier alpha value is -2.21. The maximum Gasteiger partial charge on any atom is 0.303 e. The first-order valence-electron chi connectivity index (χ1n) is 6.59. The number of carboxylic acids is 1. The van der Waals surface area contributed by atoms with E-state index >= 15 is 0 Å². The highest BCUT2D eigenvalue weighted by Gasteiger charge is 2.08. The summed E-state index contributed by atoms with van der Waals surface area (Å²) in [6, 6.07) is 7.26. The number of hydrogen-bond donors (Lipinski definition) is 2. The Bertz CT molecular complexity index is 652. The van der Waals surface area contributed by atoms with E-state index in [2.05, 4.69) is 10.3 Å². The molecule has 1 aromatic carbocycles. The summed E-state index contributed by atoms with van der Waals surface area (Å²) in [5.74, 6) is -1.05. The summed E-state index contributed by atoms with van der Waals surface area (Å²) in [4.78, 5) is 26.8. The Morgan fingerprint density at radius 1 is 1.38 bits per heavy atom. The lowest BCUT2D eigenvalue weighted by Crippen LogP contribution is -2.24. The molecular weight excluding hydrogens is 288 g/mol. The Morgan fingerprint density at radius 3 is 2.86 bits per heavy atom. The Labute approximate surface area is 126 Å². The summed E-state index contributed by atoms with van der Waals surface area (Å²) >= 11 is 1.54. The molecule has 0 radical (unpaired) electrons. The summed E-state index contributed by atoms with van der Waals surface area (Å²) in [5.41, 5.74) is 2.42. The van der Waals surface area contributed by atoms with Gasteiger partial charge in [-0.3, -0.25) is 9.59 Å². The number of hydrogen-bond acceptors (Lipinski definition) is 4. The topological polar surface area (TPSA) is 79.3 Å². The summed E-state index contributed by atoms with van der Waals surface area (Å²) in [5, 5.41) is 14.1. The first kappa shape index (κ1) is 15.2. The molecule has 0 atom stereocenters. The number of carbonyl (C=O) groups is 2. The van der Waals surface area contributed by atoms with Gasteiger partial charge in [0.25, 0.3) is 5.91 Å². The zero-order valence-corrected chi connectivity index (χ0v) is 12.4. The van der Waals surface area contributed by atoms with E-state index in [9.17, 15) is 9.59 Å². The van der Waals surface area contributed by atoms with Gasteiger partial charge in [0.1, 0.15) is 5.01 Å². The Kier molecular flexibility index (Phi) is 5.05. The highest BCUT2D eigenvalue weighted by Crippen LogP contribution is 2.24. The predicted molar refractivity (Wildman–Crippen MR) is 81.5 cm³/mol. The van der Waals surface area contributed by atoms with Crippen LogP contribution >= 0.6 is 11.3 Å². The zero-order chi connectivity index (χ0) is 15.2. The maximum absolute atomic E-state index is 12.0. The van der Waals surface area contributed by atoms with Crippen LogP contribution in [0.5, 0.6) is 0 Å². The van der Waals surface area contributed by atoms with Gasteiger partial charge in [0.05, 0.1) is 0 Å². The first-order valence-corrected chi connectivity index (χ1v) is 7.47. The normalized spacial score (nSPS) is 10.3. The number of aromatic nitrogens is 1. The number of carboxylic acid groups (broad SMARTS) is 1. The minimum absolute atomic E-state index is 0.0543. The average molecular weight is 304 g/mol. The smallest absolute Gasteiger partial charge is 0.303 e. The maximum atomic E-state index is 12.0. The van der Waals surface area contributed by atoms with Crippen LogP contribution in [0, 0.1) is 6.92 Å². The summed E-state index contributed by atoms with van der Waals surface area (Å²) in [6.45, 7) is 2.28. The van der Waals surface area contributed by atoms with Gasteiger partial charge in [-0.2, -0.15) is 0 Å². The van der Waals surface area contributed by atoms with E-state index in [0.717, 1.165) is 16.3 Å². The Balaban J connectivity index is 2.00. The standard InChI is InChI=1S/C15H16N2O3S/c1-10-9-21-15(17-10)12-5-2-4-11(8-12)14(20)16-7-3-6-13(18)19/h2,4-5,8-9H,3,6-7H2,1H3,(H,16,20)(H,18,19). The summed E-state index contributed by atoms with van der Waals surface area (Å²) in [6.07, 6.45) is 0.477. The van der Waals surface area contributed by atoms with Crippen molar-refractivity contribution in [3.63, 3.8) is 0 Å². The number of amides is 1. The number of benzene rings is 1. The summed E-state index contributed by atoms with van der Waals surface area (Å²) in [7, 11) is 0. The fourth-order valence-electron chi connectivity index (χ4n) is 1.82. The third kappa shape index (κ3) is 4.39. The van der Waals surface area contributed by atoms with Crippen molar-refractivity contribution in [1.82, 2.24) is 10.3 Å². The average Bonchev–Trinajstić information content (AvgIpc) is 2.90. The first-order chi connectivity index (χ1) is 10.1. The molecule has 0 unspecified atom stereocenters. The molecule has 0 aliphatic carbocycles. The van der Waals surface area contributed by atoms with Crippen molar-refractivity contribution < 1.29 is 14.7 Å². The van der Waals surface area contributed by atoms with E-state index in [1.54, 1.807) is 12.1 Å². The van der Waals surface area contributed by atoms with Gasteiger partial charge in [-0.15, -0.1) is 11.3 Å². The lowest BCUT2D eigenvalue weighted by Gasteiger charge is -2.05. The van der Waals surface area contributed by atoms with E-state index in [-0.39, 0.29) is 12.3 Å². The second kappa shape index (κ2) is 6.99. The number of aliphatic carboxylic acids is 1.